The lowest BCUT2D eigenvalue weighted by Crippen LogP contribution is -2.40. The molecule has 0 saturated heterocycles. The van der Waals surface area contributed by atoms with E-state index in [4.69, 9.17) is 16.3 Å². The zero-order valence-corrected chi connectivity index (χ0v) is 18.8. The molecule has 168 valence electrons. The molecule has 1 unspecified atom stereocenters. The lowest BCUT2D eigenvalue weighted by Gasteiger charge is -2.33. The first-order valence-corrected chi connectivity index (χ1v) is 11.5. The van der Waals surface area contributed by atoms with E-state index < -0.39 is 6.10 Å². The molecule has 0 radical (unpaired) electrons. The summed E-state index contributed by atoms with van der Waals surface area (Å²) in [5.74, 6) is 0.688. The highest BCUT2D eigenvalue weighted by Gasteiger charge is 2.35. The largest absolute Gasteiger partial charge is 0.484 e. The van der Waals surface area contributed by atoms with Crippen LogP contribution < -0.4 is 15.0 Å². The van der Waals surface area contributed by atoms with Gasteiger partial charge in [-0.25, -0.2) is 14.2 Å². The van der Waals surface area contributed by atoms with Gasteiger partial charge in [-0.1, -0.05) is 17.7 Å². The number of amides is 2. The molecular formula is C25H22ClFN4O2. The fraction of sp³-hybridized carbons (Fsp3) is 0.320. The molecule has 6 nitrogen and oxygen atoms in total. The lowest BCUT2D eigenvalue weighted by molar-refractivity contribution is 0.167. The summed E-state index contributed by atoms with van der Waals surface area (Å²) in [6.45, 7) is 2.40. The molecule has 0 spiro atoms. The fourth-order valence-electron chi connectivity index (χ4n) is 4.80. The monoisotopic (exact) mass is 464 g/mol. The fourth-order valence-corrected chi connectivity index (χ4v) is 5.00. The molecule has 0 bridgehead atoms. The number of anilines is 2. The summed E-state index contributed by atoms with van der Waals surface area (Å²) >= 11 is 6.21. The van der Waals surface area contributed by atoms with Gasteiger partial charge in [-0.15, -0.1) is 0 Å². The Bertz CT molecular complexity index is 1290. The molecule has 33 heavy (non-hydrogen) atoms. The Morgan fingerprint density at radius 3 is 2.85 bits per heavy atom. The third-order valence-electron chi connectivity index (χ3n) is 6.60. The van der Waals surface area contributed by atoms with Crippen molar-refractivity contribution in [3.05, 3.63) is 75.6 Å². The molecule has 3 aliphatic rings. The summed E-state index contributed by atoms with van der Waals surface area (Å²) in [4.78, 5) is 23.5. The first kappa shape index (κ1) is 20.4. The first-order valence-electron chi connectivity index (χ1n) is 11.2. The second-order valence-corrected chi connectivity index (χ2v) is 9.30. The number of fused-ring (bicyclic) bond motifs is 2. The van der Waals surface area contributed by atoms with Crippen LogP contribution in [0.5, 0.6) is 5.75 Å². The Morgan fingerprint density at radius 2 is 2.06 bits per heavy atom. The van der Waals surface area contributed by atoms with E-state index in [1.165, 1.54) is 6.07 Å². The zero-order valence-electron chi connectivity index (χ0n) is 18.1. The van der Waals surface area contributed by atoms with Crippen LogP contribution in [-0.4, -0.2) is 16.0 Å². The van der Waals surface area contributed by atoms with Gasteiger partial charge in [0, 0.05) is 23.7 Å². The standard InChI is InChI=1S/C25H22ClFN4O2/c1-13-9-15-6-7-20(24-17(27)3-2-8-28-24)33-21(15)11-19(13)31-12-16-18(29-25(31)32)10-22(26)30-23(16)14-4-5-14/h2-3,8-11,14,20H,4-7,12H2,1H3,(H,29,32). The van der Waals surface area contributed by atoms with Crippen molar-refractivity contribution in [1.82, 2.24) is 9.97 Å². The number of ether oxygens (including phenoxy) is 1. The minimum atomic E-state index is -0.460. The molecule has 2 aliphatic heterocycles. The molecule has 1 aromatic carbocycles. The third kappa shape index (κ3) is 3.60. The number of pyridine rings is 2. The number of carbonyl (C=O) groups excluding carboxylic acids is 1. The van der Waals surface area contributed by atoms with Crippen LogP contribution in [0.4, 0.5) is 20.6 Å². The Kier molecular flexibility index (Phi) is 4.76. The maximum Gasteiger partial charge on any atom is 0.326 e. The van der Waals surface area contributed by atoms with Crippen molar-refractivity contribution in [2.24, 2.45) is 0 Å². The predicted molar refractivity (Wildman–Crippen MR) is 123 cm³/mol. The van der Waals surface area contributed by atoms with Crippen molar-refractivity contribution < 1.29 is 13.9 Å². The van der Waals surface area contributed by atoms with E-state index in [0.717, 1.165) is 53.0 Å². The Balaban J connectivity index is 1.35. The molecule has 6 rings (SSSR count). The highest BCUT2D eigenvalue weighted by atomic mass is 35.5. The summed E-state index contributed by atoms with van der Waals surface area (Å²) < 4.78 is 20.5. The lowest BCUT2D eigenvalue weighted by atomic mass is 9.96. The third-order valence-corrected chi connectivity index (χ3v) is 6.79. The molecular weight excluding hydrogens is 443 g/mol. The van der Waals surface area contributed by atoms with E-state index in [1.807, 2.05) is 13.0 Å². The smallest absolute Gasteiger partial charge is 0.326 e. The molecule has 4 heterocycles. The zero-order chi connectivity index (χ0) is 22.7. The van der Waals surface area contributed by atoms with Gasteiger partial charge in [0.1, 0.15) is 28.5 Å². The molecule has 8 heteroatoms. The van der Waals surface area contributed by atoms with Gasteiger partial charge in [0.2, 0.25) is 0 Å². The normalized spacial score (nSPS) is 19.4. The van der Waals surface area contributed by atoms with Gasteiger partial charge in [0.25, 0.3) is 0 Å². The Hall–Kier alpha value is -3.19. The summed E-state index contributed by atoms with van der Waals surface area (Å²) in [5, 5.41) is 3.38. The van der Waals surface area contributed by atoms with Gasteiger partial charge in [0.05, 0.1) is 23.6 Å². The predicted octanol–water partition coefficient (Wildman–Crippen LogP) is 6.07. The molecule has 1 aliphatic carbocycles. The number of rotatable bonds is 3. The SMILES string of the molecule is Cc1cc2c(cc1N1Cc3c(cc(Cl)nc3C3CC3)NC1=O)OC(c1ncccc1F)CC2. The van der Waals surface area contributed by atoms with Crippen molar-refractivity contribution in [1.29, 1.82) is 0 Å². The van der Waals surface area contributed by atoms with Crippen LogP contribution in [0, 0.1) is 12.7 Å². The van der Waals surface area contributed by atoms with E-state index in [9.17, 15) is 9.18 Å². The minimum Gasteiger partial charge on any atom is -0.484 e. The first-order chi connectivity index (χ1) is 16.0. The van der Waals surface area contributed by atoms with E-state index >= 15 is 0 Å². The Morgan fingerprint density at radius 1 is 1.21 bits per heavy atom. The Labute approximate surface area is 195 Å². The number of nitrogens with one attached hydrogen (secondary N) is 1. The van der Waals surface area contributed by atoms with Crippen LogP contribution >= 0.6 is 11.6 Å². The molecule has 1 N–H and O–H groups in total. The van der Waals surface area contributed by atoms with Crippen molar-refractivity contribution in [2.75, 3.05) is 10.2 Å². The maximum atomic E-state index is 14.3. The van der Waals surface area contributed by atoms with Gasteiger partial charge >= 0.3 is 6.03 Å². The highest BCUT2D eigenvalue weighted by molar-refractivity contribution is 6.29. The number of nitrogens with zero attached hydrogens (tertiary/aromatic N) is 3. The summed E-state index contributed by atoms with van der Waals surface area (Å²) in [7, 11) is 0. The number of aromatic nitrogens is 2. The van der Waals surface area contributed by atoms with Crippen molar-refractivity contribution in [3.8, 4) is 5.75 Å². The average Bonchev–Trinajstić information content (AvgIpc) is 3.63. The van der Waals surface area contributed by atoms with Crippen LogP contribution in [0.2, 0.25) is 5.15 Å². The van der Waals surface area contributed by atoms with Crippen LogP contribution in [0.15, 0.2) is 36.5 Å². The minimum absolute atomic E-state index is 0.224. The molecule has 2 aromatic heterocycles. The van der Waals surface area contributed by atoms with Gasteiger partial charge in [0.15, 0.2) is 0 Å². The molecule has 2 amide bonds. The number of hydrogen-bond donors (Lipinski definition) is 1. The van der Waals surface area contributed by atoms with E-state index in [-0.39, 0.29) is 11.8 Å². The quantitative estimate of drug-likeness (QED) is 0.477. The van der Waals surface area contributed by atoms with Gasteiger partial charge in [-0.05, 0) is 61.9 Å². The van der Waals surface area contributed by atoms with Crippen LogP contribution in [0.1, 0.15) is 59.4 Å². The number of halogens is 2. The van der Waals surface area contributed by atoms with Gasteiger partial charge < -0.3 is 10.1 Å². The van der Waals surface area contributed by atoms with Crippen LogP contribution in [-0.2, 0) is 13.0 Å². The number of hydrogen-bond acceptors (Lipinski definition) is 4. The van der Waals surface area contributed by atoms with Crippen LogP contribution in [0.3, 0.4) is 0 Å². The van der Waals surface area contributed by atoms with E-state index in [0.29, 0.717) is 35.5 Å². The number of urea groups is 1. The topological polar surface area (TPSA) is 67.4 Å². The number of carbonyl (C=O) groups is 1. The van der Waals surface area contributed by atoms with Crippen molar-refractivity contribution in [2.45, 2.75) is 51.2 Å². The molecule has 1 saturated carbocycles. The average molecular weight is 465 g/mol. The summed E-state index contributed by atoms with van der Waals surface area (Å²) in [6, 6.07) is 8.41. The molecule has 1 atom stereocenters. The van der Waals surface area contributed by atoms with E-state index in [2.05, 4.69) is 21.4 Å². The van der Waals surface area contributed by atoms with Crippen molar-refractivity contribution >= 4 is 29.0 Å². The van der Waals surface area contributed by atoms with Gasteiger partial charge in [-0.2, -0.15) is 0 Å². The summed E-state index contributed by atoms with van der Waals surface area (Å²) in [6.07, 6.45) is 4.69. The van der Waals surface area contributed by atoms with Gasteiger partial charge in [-0.3, -0.25) is 9.88 Å². The second-order valence-electron chi connectivity index (χ2n) is 8.91. The highest BCUT2D eigenvalue weighted by Crippen LogP contribution is 2.45. The van der Waals surface area contributed by atoms with Crippen LogP contribution in [0.25, 0.3) is 0 Å². The summed E-state index contributed by atoms with van der Waals surface area (Å²) in [5.41, 5.74) is 5.81. The second kappa shape index (κ2) is 7.70. The number of aryl methyl sites for hydroxylation is 2. The van der Waals surface area contributed by atoms with Crippen molar-refractivity contribution in [3.63, 3.8) is 0 Å². The molecule has 3 aromatic rings. The van der Waals surface area contributed by atoms with E-state index in [1.54, 1.807) is 23.2 Å². The maximum absolute atomic E-state index is 14.3. The molecule has 1 fully saturated rings. The number of benzene rings is 1.